The minimum Gasteiger partial charge on any atom is -0.340 e. The molecule has 1 N–H and O–H groups in total. The molecule has 1 aliphatic rings. The number of unbranched alkanes of at least 4 members (excludes halogenated alkanes) is 1. The number of piperidine rings is 1. The van der Waals surface area contributed by atoms with Gasteiger partial charge >= 0.3 is 0 Å². The Bertz CT molecular complexity index is 796. The predicted octanol–water partition coefficient (Wildman–Crippen LogP) is 4.34. The number of hydrogen-bond acceptors (Lipinski definition) is 4. The van der Waals surface area contributed by atoms with E-state index >= 15 is 0 Å². The standard InChI is InChI=1S/C20H27N3O2S/c1-2-3-7-17-8-10-18(11-9-17)22-20-13-12-19(16-21-20)26(24,25)23-14-5-4-6-15-23/h8-13,16H,2-7,14-15H2,1H3,(H,21,22). The van der Waals surface area contributed by atoms with Crippen LogP contribution in [0.15, 0.2) is 47.5 Å². The van der Waals surface area contributed by atoms with Gasteiger partial charge in [0.2, 0.25) is 10.0 Å². The van der Waals surface area contributed by atoms with Gasteiger partial charge in [-0.2, -0.15) is 4.31 Å². The number of benzene rings is 1. The van der Waals surface area contributed by atoms with Crippen LogP contribution in [0.3, 0.4) is 0 Å². The van der Waals surface area contributed by atoms with E-state index in [1.807, 2.05) is 12.1 Å². The highest BCUT2D eigenvalue weighted by atomic mass is 32.2. The topological polar surface area (TPSA) is 62.3 Å². The van der Waals surface area contributed by atoms with Crippen molar-refractivity contribution < 1.29 is 8.42 Å². The van der Waals surface area contributed by atoms with Crippen LogP contribution in [0.4, 0.5) is 11.5 Å². The van der Waals surface area contributed by atoms with E-state index in [1.165, 1.54) is 24.6 Å². The van der Waals surface area contributed by atoms with Crippen LogP contribution in [-0.4, -0.2) is 30.8 Å². The Morgan fingerprint density at radius 2 is 1.77 bits per heavy atom. The maximum atomic E-state index is 12.6. The number of aryl methyl sites for hydroxylation is 1. The quantitative estimate of drug-likeness (QED) is 0.784. The normalized spacial score (nSPS) is 15.7. The second-order valence-electron chi connectivity index (χ2n) is 6.77. The van der Waals surface area contributed by atoms with Crippen molar-refractivity contribution in [3.63, 3.8) is 0 Å². The molecule has 0 aliphatic carbocycles. The number of hydrogen-bond donors (Lipinski definition) is 1. The van der Waals surface area contributed by atoms with Crippen LogP contribution in [-0.2, 0) is 16.4 Å². The van der Waals surface area contributed by atoms with E-state index in [0.717, 1.165) is 31.4 Å². The molecule has 1 fully saturated rings. The molecule has 5 nitrogen and oxygen atoms in total. The van der Waals surface area contributed by atoms with Gasteiger partial charge in [0.05, 0.1) is 0 Å². The predicted molar refractivity (Wildman–Crippen MR) is 105 cm³/mol. The summed E-state index contributed by atoms with van der Waals surface area (Å²) in [5, 5.41) is 3.23. The lowest BCUT2D eigenvalue weighted by Crippen LogP contribution is -2.35. The molecule has 2 heterocycles. The lowest BCUT2D eigenvalue weighted by molar-refractivity contribution is 0.346. The summed E-state index contributed by atoms with van der Waals surface area (Å²) in [6.45, 7) is 3.40. The number of nitrogens with zero attached hydrogens (tertiary/aromatic N) is 2. The molecule has 0 amide bonds. The summed E-state index contributed by atoms with van der Waals surface area (Å²) >= 11 is 0. The SMILES string of the molecule is CCCCc1ccc(Nc2ccc(S(=O)(=O)N3CCCCC3)cn2)cc1. The first-order valence-corrected chi connectivity index (χ1v) is 10.9. The Balaban J connectivity index is 1.65. The number of anilines is 2. The summed E-state index contributed by atoms with van der Waals surface area (Å²) in [7, 11) is -3.42. The van der Waals surface area contributed by atoms with E-state index in [2.05, 4.69) is 29.4 Å². The molecule has 0 saturated carbocycles. The molecule has 0 spiro atoms. The highest BCUT2D eigenvalue weighted by Crippen LogP contribution is 2.22. The van der Waals surface area contributed by atoms with Crippen molar-refractivity contribution in [3.05, 3.63) is 48.2 Å². The fourth-order valence-electron chi connectivity index (χ4n) is 3.14. The molecular weight excluding hydrogens is 346 g/mol. The molecule has 0 atom stereocenters. The van der Waals surface area contributed by atoms with Crippen molar-refractivity contribution in [2.75, 3.05) is 18.4 Å². The van der Waals surface area contributed by atoms with Crippen molar-refractivity contribution in [2.45, 2.75) is 50.3 Å². The summed E-state index contributed by atoms with van der Waals surface area (Å²) in [4.78, 5) is 4.55. The van der Waals surface area contributed by atoms with Crippen LogP contribution >= 0.6 is 0 Å². The number of sulfonamides is 1. The van der Waals surface area contributed by atoms with Gasteiger partial charge in [-0.15, -0.1) is 0 Å². The average molecular weight is 374 g/mol. The first kappa shape index (κ1) is 18.9. The molecule has 140 valence electrons. The summed E-state index contributed by atoms with van der Waals surface area (Å²) in [6.07, 6.45) is 7.89. The van der Waals surface area contributed by atoms with Gasteiger partial charge in [-0.25, -0.2) is 13.4 Å². The Morgan fingerprint density at radius 3 is 2.38 bits per heavy atom. The number of aromatic nitrogens is 1. The lowest BCUT2D eigenvalue weighted by atomic mass is 10.1. The van der Waals surface area contributed by atoms with Gasteiger partial charge in [0.25, 0.3) is 0 Å². The Kier molecular flexibility index (Phi) is 6.27. The number of rotatable bonds is 7. The molecular formula is C20H27N3O2S. The largest absolute Gasteiger partial charge is 0.340 e. The van der Waals surface area contributed by atoms with E-state index < -0.39 is 10.0 Å². The molecule has 1 aromatic carbocycles. The third-order valence-corrected chi connectivity index (χ3v) is 6.62. The molecule has 3 rings (SSSR count). The first-order chi connectivity index (χ1) is 12.6. The van der Waals surface area contributed by atoms with Crippen LogP contribution in [0, 0.1) is 0 Å². The average Bonchev–Trinajstić information content (AvgIpc) is 2.68. The highest BCUT2D eigenvalue weighted by molar-refractivity contribution is 7.89. The summed E-state index contributed by atoms with van der Waals surface area (Å²) in [6, 6.07) is 11.7. The van der Waals surface area contributed by atoms with Gasteiger partial charge in [-0.3, -0.25) is 0 Å². The van der Waals surface area contributed by atoms with Gasteiger partial charge < -0.3 is 5.32 Å². The van der Waals surface area contributed by atoms with Gasteiger partial charge in [-0.05, 0) is 55.5 Å². The summed E-state index contributed by atoms with van der Waals surface area (Å²) < 4.78 is 26.9. The van der Waals surface area contributed by atoms with E-state index in [-0.39, 0.29) is 4.90 Å². The fourth-order valence-corrected chi connectivity index (χ4v) is 4.61. The molecule has 1 saturated heterocycles. The van der Waals surface area contributed by atoms with Gasteiger partial charge in [0, 0.05) is 25.0 Å². The maximum absolute atomic E-state index is 12.6. The maximum Gasteiger partial charge on any atom is 0.244 e. The second kappa shape index (κ2) is 8.64. The third kappa shape index (κ3) is 4.62. The Hall–Kier alpha value is -1.92. The summed E-state index contributed by atoms with van der Waals surface area (Å²) in [5.41, 5.74) is 2.28. The van der Waals surface area contributed by atoms with Crippen LogP contribution < -0.4 is 5.32 Å². The minimum atomic E-state index is -3.42. The first-order valence-electron chi connectivity index (χ1n) is 9.42. The molecule has 2 aromatic rings. The van der Waals surface area contributed by atoms with E-state index in [1.54, 1.807) is 16.4 Å². The van der Waals surface area contributed by atoms with Crippen molar-refractivity contribution in [1.82, 2.24) is 9.29 Å². The molecule has 1 aromatic heterocycles. The van der Waals surface area contributed by atoms with Gasteiger partial charge in [0.1, 0.15) is 10.7 Å². The van der Waals surface area contributed by atoms with Crippen molar-refractivity contribution in [2.24, 2.45) is 0 Å². The fraction of sp³-hybridized carbons (Fsp3) is 0.450. The zero-order valence-electron chi connectivity index (χ0n) is 15.3. The monoisotopic (exact) mass is 373 g/mol. The molecule has 6 heteroatoms. The van der Waals surface area contributed by atoms with E-state index in [0.29, 0.717) is 18.9 Å². The highest BCUT2D eigenvalue weighted by Gasteiger charge is 2.26. The third-order valence-electron chi connectivity index (χ3n) is 4.73. The number of pyridine rings is 1. The molecule has 0 radical (unpaired) electrons. The van der Waals surface area contributed by atoms with Crippen molar-refractivity contribution >= 4 is 21.5 Å². The Morgan fingerprint density at radius 1 is 1.04 bits per heavy atom. The summed E-state index contributed by atoms with van der Waals surface area (Å²) in [5.74, 6) is 0.643. The van der Waals surface area contributed by atoms with Gasteiger partial charge in [0.15, 0.2) is 0 Å². The lowest BCUT2D eigenvalue weighted by Gasteiger charge is -2.25. The van der Waals surface area contributed by atoms with Gasteiger partial charge in [-0.1, -0.05) is 31.9 Å². The molecule has 26 heavy (non-hydrogen) atoms. The van der Waals surface area contributed by atoms with Crippen LogP contribution in [0.25, 0.3) is 0 Å². The smallest absolute Gasteiger partial charge is 0.244 e. The molecule has 1 aliphatic heterocycles. The van der Waals surface area contributed by atoms with Crippen molar-refractivity contribution in [1.29, 1.82) is 0 Å². The van der Waals surface area contributed by atoms with Crippen LogP contribution in [0.1, 0.15) is 44.6 Å². The van der Waals surface area contributed by atoms with E-state index in [9.17, 15) is 8.42 Å². The van der Waals surface area contributed by atoms with E-state index in [4.69, 9.17) is 0 Å². The van der Waals surface area contributed by atoms with Crippen LogP contribution in [0.2, 0.25) is 0 Å². The Labute approximate surface area is 156 Å². The zero-order chi connectivity index (χ0) is 18.4. The number of nitrogens with one attached hydrogen (secondary N) is 1. The van der Waals surface area contributed by atoms with Crippen molar-refractivity contribution in [3.8, 4) is 0 Å². The second-order valence-corrected chi connectivity index (χ2v) is 8.71. The molecule has 0 bridgehead atoms. The minimum absolute atomic E-state index is 0.264. The zero-order valence-corrected chi connectivity index (χ0v) is 16.1. The molecule has 0 unspecified atom stereocenters. The van der Waals surface area contributed by atoms with Crippen LogP contribution in [0.5, 0.6) is 0 Å².